The summed E-state index contributed by atoms with van der Waals surface area (Å²) >= 11 is 7.55. The molecule has 1 fully saturated rings. The summed E-state index contributed by atoms with van der Waals surface area (Å²) in [6.45, 7) is 3.50. The van der Waals surface area contributed by atoms with Crippen molar-refractivity contribution < 1.29 is 9.32 Å². The fourth-order valence-corrected chi connectivity index (χ4v) is 3.77. The van der Waals surface area contributed by atoms with Crippen LogP contribution in [-0.4, -0.2) is 52.0 Å². The van der Waals surface area contributed by atoms with E-state index in [1.807, 2.05) is 22.4 Å². The molecule has 0 unspecified atom stereocenters. The molecule has 134 valence electrons. The summed E-state index contributed by atoms with van der Waals surface area (Å²) < 4.78 is 5.32. The summed E-state index contributed by atoms with van der Waals surface area (Å²) in [6, 6.07) is 11.0. The van der Waals surface area contributed by atoms with Gasteiger partial charge in [0.2, 0.25) is 0 Å². The largest absolute Gasteiger partial charge is 0.336 e. The van der Waals surface area contributed by atoms with E-state index in [0.29, 0.717) is 41.9 Å². The van der Waals surface area contributed by atoms with Gasteiger partial charge in [-0.3, -0.25) is 9.69 Å². The van der Waals surface area contributed by atoms with Gasteiger partial charge < -0.3 is 9.42 Å². The van der Waals surface area contributed by atoms with Gasteiger partial charge in [-0.15, -0.1) is 11.3 Å². The van der Waals surface area contributed by atoms with E-state index in [1.54, 1.807) is 35.6 Å². The summed E-state index contributed by atoms with van der Waals surface area (Å²) in [4.78, 5) is 22.1. The number of benzene rings is 1. The van der Waals surface area contributed by atoms with Gasteiger partial charge in [0, 0.05) is 36.8 Å². The van der Waals surface area contributed by atoms with Crippen LogP contribution < -0.4 is 0 Å². The normalized spacial score (nSPS) is 15.3. The van der Waals surface area contributed by atoms with E-state index in [-0.39, 0.29) is 5.91 Å². The quantitative estimate of drug-likeness (QED) is 0.685. The van der Waals surface area contributed by atoms with Crippen LogP contribution in [0.3, 0.4) is 0 Å². The second-order valence-corrected chi connectivity index (χ2v) is 7.46. The van der Waals surface area contributed by atoms with Gasteiger partial charge in [-0.05, 0) is 29.6 Å². The second-order valence-electron chi connectivity index (χ2n) is 6.07. The van der Waals surface area contributed by atoms with Crippen molar-refractivity contribution in [2.45, 2.75) is 6.54 Å². The molecule has 6 nitrogen and oxygen atoms in total. The van der Waals surface area contributed by atoms with Crippen LogP contribution in [0.15, 0.2) is 46.3 Å². The van der Waals surface area contributed by atoms with Crippen molar-refractivity contribution >= 4 is 28.8 Å². The summed E-state index contributed by atoms with van der Waals surface area (Å²) in [7, 11) is 0. The molecule has 8 heteroatoms. The SMILES string of the molecule is O=C(c1cccc(Cl)c1)N1CCN(Cc2noc(-c3cccs3)n2)CC1. The Bertz CT molecular complexity index is 888. The predicted octanol–water partition coefficient (Wildman–Crippen LogP) is 3.41. The van der Waals surface area contributed by atoms with Crippen molar-refractivity contribution in [3.05, 3.63) is 58.2 Å². The first-order valence-electron chi connectivity index (χ1n) is 8.33. The molecule has 1 aromatic carbocycles. The van der Waals surface area contributed by atoms with Crippen molar-refractivity contribution in [3.8, 4) is 10.8 Å². The Morgan fingerprint density at radius 1 is 1.19 bits per heavy atom. The highest BCUT2D eigenvalue weighted by Crippen LogP contribution is 2.23. The summed E-state index contributed by atoms with van der Waals surface area (Å²) in [5, 5.41) is 6.62. The van der Waals surface area contributed by atoms with Gasteiger partial charge in [0.15, 0.2) is 5.82 Å². The number of carbonyl (C=O) groups excluding carboxylic acids is 1. The lowest BCUT2D eigenvalue weighted by molar-refractivity contribution is 0.0624. The number of amides is 1. The summed E-state index contributed by atoms with van der Waals surface area (Å²) in [5.41, 5.74) is 0.629. The van der Waals surface area contributed by atoms with Crippen LogP contribution in [-0.2, 0) is 6.54 Å². The van der Waals surface area contributed by atoms with Crippen molar-refractivity contribution in [1.82, 2.24) is 19.9 Å². The molecule has 0 saturated carbocycles. The molecule has 4 rings (SSSR count). The minimum absolute atomic E-state index is 0.0201. The smallest absolute Gasteiger partial charge is 0.268 e. The first-order chi connectivity index (χ1) is 12.7. The van der Waals surface area contributed by atoms with Crippen molar-refractivity contribution in [3.63, 3.8) is 0 Å². The lowest BCUT2D eigenvalue weighted by Crippen LogP contribution is -2.48. The molecule has 0 aliphatic carbocycles. The molecule has 0 N–H and O–H groups in total. The topological polar surface area (TPSA) is 62.5 Å². The highest BCUT2D eigenvalue weighted by Gasteiger charge is 2.23. The summed E-state index contributed by atoms with van der Waals surface area (Å²) in [5.74, 6) is 1.25. The Hall–Kier alpha value is -2.22. The number of carbonyl (C=O) groups is 1. The summed E-state index contributed by atoms with van der Waals surface area (Å²) in [6.07, 6.45) is 0. The lowest BCUT2D eigenvalue weighted by atomic mass is 10.2. The molecule has 0 spiro atoms. The highest BCUT2D eigenvalue weighted by molar-refractivity contribution is 7.13. The van der Waals surface area contributed by atoms with Gasteiger partial charge in [-0.2, -0.15) is 4.98 Å². The van der Waals surface area contributed by atoms with E-state index in [9.17, 15) is 4.79 Å². The number of hydrogen-bond donors (Lipinski definition) is 0. The van der Waals surface area contributed by atoms with Crippen molar-refractivity contribution in [2.75, 3.05) is 26.2 Å². The molecule has 0 bridgehead atoms. The van der Waals surface area contributed by atoms with Gasteiger partial charge in [0.05, 0.1) is 11.4 Å². The van der Waals surface area contributed by atoms with Gasteiger partial charge in [0.1, 0.15) is 0 Å². The maximum absolute atomic E-state index is 12.6. The van der Waals surface area contributed by atoms with Gasteiger partial charge in [0.25, 0.3) is 11.8 Å². The number of hydrogen-bond acceptors (Lipinski definition) is 6. The average Bonchev–Trinajstić information content (AvgIpc) is 3.33. The maximum Gasteiger partial charge on any atom is 0.268 e. The fraction of sp³-hybridized carbons (Fsp3) is 0.278. The van der Waals surface area contributed by atoms with Gasteiger partial charge >= 0.3 is 0 Å². The third-order valence-corrected chi connectivity index (χ3v) is 5.39. The monoisotopic (exact) mass is 388 g/mol. The zero-order valence-electron chi connectivity index (χ0n) is 14.0. The van der Waals surface area contributed by atoms with E-state index in [1.165, 1.54) is 0 Å². The number of nitrogens with zero attached hydrogens (tertiary/aromatic N) is 4. The van der Waals surface area contributed by atoms with E-state index < -0.39 is 0 Å². The Morgan fingerprint density at radius 2 is 2.04 bits per heavy atom. The first kappa shape index (κ1) is 17.2. The molecule has 1 amide bonds. The zero-order chi connectivity index (χ0) is 17.9. The third-order valence-electron chi connectivity index (χ3n) is 4.30. The number of aromatic nitrogens is 2. The van der Waals surface area contributed by atoms with Crippen LogP contribution in [0, 0.1) is 0 Å². The molecule has 26 heavy (non-hydrogen) atoms. The standard InChI is InChI=1S/C18H17ClN4O2S/c19-14-4-1-3-13(11-14)18(24)23-8-6-22(7-9-23)12-16-20-17(25-21-16)15-5-2-10-26-15/h1-5,10-11H,6-9,12H2. The molecule has 3 heterocycles. The maximum atomic E-state index is 12.6. The van der Waals surface area contributed by atoms with Crippen LogP contribution in [0.25, 0.3) is 10.8 Å². The molecular formula is C18H17ClN4O2S. The van der Waals surface area contributed by atoms with Crippen LogP contribution in [0.2, 0.25) is 5.02 Å². The van der Waals surface area contributed by atoms with Gasteiger partial charge in [-0.1, -0.05) is 28.9 Å². The average molecular weight is 389 g/mol. The van der Waals surface area contributed by atoms with E-state index in [4.69, 9.17) is 16.1 Å². The lowest BCUT2D eigenvalue weighted by Gasteiger charge is -2.34. The van der Waals surface area contributed by atoms with Crippen molar-refractivity contribution in [2.24, 2.45) is 0 Å². The number of thiophene rings is 1. The number of halogens is 1. The Morgan fingerprint density at radius 3 is 2.77 bits per heavy atom. The second kappa shape index (κ2) is 7.57. The molecule has 1 aliphatic heterocycles. The molecule has 1 saturated heterocycles. The fourth-order valence-electron chi connectivity index (χ4n) is 2.93. The van der Waals surface area contributed by atoms with E-state index in [0.717, 1.165) is 18.0 Å². The van der Waals surface area contributed by atoms with Crippen LogP contribution in [0.5, 0.6) is 0 Å². The molecule has 3 aromatic rings. The van der Waals surface area contributed by atoms with Gasteiger partial charge in [-0.25, -0.2) is 0 Å². The predicted molar refractivity (Wildman–Crippen MR) is 100 cm³/mol. The first-order valence-corrected chi connectivity index (χ1v) is 9.58. The minimum Gasteiger partial charge on any atom is -0.336 e. The van der Waals surface area contributed by atoms with E-state index in [2.05, 4.69) is 15.0 Å². The zero-order valence-corrected chi connectivity index (χ0v) is 15.5. The molecular weight excluding hydrogens is 372 g/mol. The number of piperazine rings is 1. The molecule has 0 radical (unpaired) electrons. The molecule has 2 aromatic heterocycles. The minimum atomic E-state index is 0.0201. The Kier molecular flexibility index (Phi) is 5.01. The Labute approximate surface area is 160 Å². The van der Waals surface area contributed by atoms with Crippen LogP contribution in [0.1, 0.15) is 16.2 Å². The van der Waals surface area contributed by atoms with E-state index >= 15 is 0 Å². The highest BCUT2D eigenvalue weighted by atomic mass is 35.5. The Balaban J connectivity index is 1.33. The number of rotatable bonds is 4. The van der Waals surface area contributed by atoms with Crippen molar-refractivity contribution in [1.29, 1.82) is 0 Å². The molecule has 1 aliphatic rings. The molecule has 0 atom stereocenters. The van der Waals surface area contributed by atoms with Crippen LogP contribution in [0.4, 0.5) is 0 Å². The third kappa shape index (κ3) is 3.80. The van der Waals surface area contributed by atoms with Crippen LogP contribution >= 0.6 is 22.9 Å².